The molecule has 0 saturated heterocycles. The first-order valence-corrected chi connectivity index (χ1v) is 10.00. The number of hydrogen-bond donors (Lipinski definition) is 2. The predicted molar refractivity (Wildman–Crippen MR) is 96.9 cm³/mol. The lowest BCUT2D eigenvalue weighted by molar-refractivity contribution is -0.118. The van der Waals surface area contributed by atoms with Gasteiger partial charge in [0.1, 0.15) is 0 Å². The van der Waals surface area contributed by atoms with Gasteiger partial charge >= 0.3 is 0 Å². The molecule has 0 aliphatic carbocycles. The number of hydrogen-bond acceptors (Lipinski definition) is 4. The number of carbonyl (C=O) groups is 1. The van der Waals surface area contributed by atoms with Gasteiger partial charge in [-0.25, -0.2) is 8.42 Å². The van der Waals surface area contributed by atoms with Gasteiger partial charge in [-0.3, -0.25) is 9.52 Å². The van der Waals surface area contributed by atoms with Crippen molar-refractivity contribution < 1.29 is 13.2 Å². The molecule has 1 heterocycles. The van der Waals surface area contributed by atoms with Gasteiger partial charge in [-0.05, 0) is 36.8 Å². The molecule has 2 aromatic rings. The number of thioether (sulfide) groups is 1. The van der Waals surface area contributed by atoms with Crippen molar-refractivity contribution in [2.45, 2.75) is 23.6 Å². The average Bonchev–Trinajstić information content (AvgIpc) is 2.68. The summed E-state index contributed by atoms with van der Waals surface area (Å²) in [6, 6.07) is 12.0. The number of fused-ring (bicyclic) bond motifs is 1. The van der Waals surface area contributed by atoms with E-state index in [1.54, 1.807) is 36.0 Å². The number of rotatable bonds is 3. The standard InChI is InChI=1S/C17H18N2O3S2/c1-11-5-3-4-6-14(11)19-24(21,22)13-7-8-16-15(9-13)18-17(20)12(2)10-23-16/h3-9,12,19H,10H2,1-2H3,(H,18,20)/t12-/m1/s1. The molecule has 126 valence electrons. The fourth-order valence-corrected chi connectivity index (χ4v) is 4.50. The van der Waals surface area contributed by atoms with Crippen molar-refractivity contribution in [3.63, 3.8) is 0 Å². The summed E-state index contributed by atoms with van der Waals surface area (Å²) in [4.78, 5) is 13.0. The van der Waals surface area contributed by atoms with Crippen molar-refractivity contribution in [2.75, 3.05) is 15.8 Å². The first kappa shape index (κ1) is 16.9. The summed E-state index contributed by atoms with van der Waals surface area (Å²) in [6.07, 6.45) is 0. The van der Waals surface area contributed by atoms with Gasteiger partial charge in [-0.1, -0.05) is 25.1 Å². The maximum atomic E-state index is 12.6. The Morgan fingerprint density at radius 1 is 1.21 bits per heavy atom. The first-order chi connectivity index (χ1) is 11.4. The summed E-state index contributed by atoms with van der Waals surface area (Å²) < 4.78 is 27.9. The smallest absolute Gasteiger partial charge is 0.261 e. The molecule has 2 aromatic carbocycles. The van der Waals surface area contributed by atoms with E-state index in [-0.39, 0.29) is 16.7 Å². The highest BCUT2D eigenvalue weighted by atomic mass is 32.2. The lowest BCUT2D eigenvalue weighted by Crippen LogP contribution is -2.20. The molecule has 1 aliphatic rings. The summed E-state index contributed by atoms with van der Waals surface area (Å²) in [5.74, 6) is 0.460. The van der Waals surface area contributed by atoms with Crippen LogP contribution in [0.2, 0.25) is 0 Å². The van der Waals surface area contributed by atoms with Crippen LogP contribution in [-0.2, 0) is 14.8 Å². The SMILES string of the molecule is Cc1ccccc1NS(=O)(=O)c1ccc2c(c1)NC(=O)[C@H](C)CS2. The Kier molecular flexibility index (Phi) is 4.56. The van der Waals surface area contributed by atoms with E-state index in [1.165, 1.54) is 6.07 Å². The average molecular weight is 362 g/mol. The molecular formula is C17H18N2O3S2. The normalized spacial score (nSPS) is 17.6. The number of carbonyl (C=O) groups excluding carboxylic acids is 1. The van der Waals surface area contributed by atoms with Crippen LogP contribution in [0.5, 0.6) is 0 Å². The summed E-state index contributed by atoms with van der Waals surface area (Å²) in [6.45, 7) is 3.69. The van der Waals surface area contributed by atoms with Crippen molar-refractivity contribution in [2.24, 2.45) is 5.92 Å². The zero-order chi connectivity index (χ0) is 17.3. The third-order valence-electron chi connectivity index (χ3n) is 3.85. The molecular weight excluding hydrogens is 344 g/mol. The summed E-state index contributed by atoms with van der Waals surface area (Å²) >= 11 is 1.55. The fourth-order valence-electron chi connectivity index (χ4n) is 2.34. The van der Waals surface area contributed by atoms with Gasteiger partial charge in [0.15, 0.2) is 0 Å². The number of amides is 1. The van der Waals surface area contributed by atoms with Crippen molar-refractivity contribution in [1.82, 2.24) is 0 Å². The topological polar surface area (TPSA) is 75.3 Å². The number of aryl methyl sites for hydroxylation is 1. The molecule has 1 atom stereocenters. The van der Waals surface area contributed by atoms with Gasteiger partial charge in [0.25, 0.3) is 10.0 Å². The van der Waals surface area contributed by atoms with Crippen LogP contribution >= 0.6 is 11.8 Å². The van der Waals surface area contributed by atoms with Crippen LogP contribution in [0, 0.1) is 12.8 Å². The highest BCUT2D eigenvalue weighted by molar-refractivity contribution is 7.99. The fraction of sp³-hybridized carbons (Fsp3) is 0.235. The molecule has 3 rings (SSSR count). The molecule has 0 radical (unpaired) electrons. The van der Waals surface area contributed by atoms with Crippen LogP contribution in [-0.4, -0.2) is 20.1 Å². The summed E-state index contributed by atoms with van der Waals surface area (Å²) in [5, 5.41) is 2.81. The van der Waals surface area contributed by atoms with Crippen molar-refractivity contribution in [3.05, 3.63) is 48.0 Å². The highest BCUT2D eigenvalue weighted by Crippen LogP contribution is 2.34. The minimum atomic E-state index is -3.72. The van der Waals surface area contributed by atoms with Crippen LogP contribution in [0.15, 0.2) is 52.3 Å². The number of benzene rings is 2. The van der Waals surface area contributed by atoms with Crippen LogP contribution in [0.3, 0.4) is 0 Å². The Labute approximate surface area is 145 Å². The largest absolute Gasteiger partial charge is 0.325 e. The van der Waals surface area contributed by atoms with Crippen molar-refractivity contribution in [3.8, 4) is 0 Å². The maximum absolute atomic E-state index is 12.6. The third-order valence-corrected chi connectivity index (χ3v) is 6.54. The summed E-state index contributed by atoms with van der Waals surface area (Å²) in [7, 11) is -3.72. The zero-order valence-corrected chi connectivity index (χ0v) is 15.0. The van der Waals surface area contributed by atoms with Crippen LogP contribution in [0.25, 0.3) is 0 Å². The Bertz CT molecular complexity index is 894. The van der Waals surface area contributed by atoms with E-state index in [1.807, 2.05) is 26.0 Å². The second-order valence-electron chi connectivity index (χ2n) is 5.78. The Balaban J connectivity index is 1.94. The Morgan fingerprint density at radius 3 is 2.71 bits per heavy atom. The molecule has 1 aliphatic heterocycles. The third kappa shape index (κ3) is 3.42. The van der Waals surface area contributed by atoms with Crippen molar-refractivity contribution >= 4 is 39.1 Å². The van der Waals surface area contributed by atoms with E-state index in [2.05, 4.69) is 10.0 Å². The minimum absolute atomic E-state index is 0.0948. The van der Waals surface area contributed by atoms with E-state index < -0.39 is 10.0 Å². The molecule has 0 aromatic heterocycles. The van der Waals surface area contributed by atoms with Gasteiger partial charge in [0.05, 0.1) is 16.3 Å². The number of anilines is 2. The molecule has 0 bridgehead atoms. The minimum Gasteiger partial charge on any atom is -0.325 e. The zero-order valence-electron chi connectivity index (χ0n) is 13.4. The molecule has 7 heteroatoms. The number of sulfonamides is 1. The molecule has 24 heavy (non-hydrogen) atoms. The van der Waals surface area contributed by atoms with E-state index >= 15 is 0 Å². The van der Waals surface area contributed by atoms with E-state index in [4.69, 9.17) is 0 Å². The molecule has 0 spiro atoms. The van der Waals surface area contributed by atoms with E-state index in [0.29, 0.717) is 17.1 Å². The lowest BCUT2D eigenvalue weighted by atomic mass is 10.2. The quantitative estimate of drug-likeness (QED) is 0.877. The maximum Gasteiger partial charge on any atom is 0.261 e. The molecule has 2 N–H and O–H groups in total. The number of para-hydroxylation sites is 1. The van der Waals surface area contributed by atoms with Crippen molar-refractivity contribution in [1.29, 1.82) is 0 Å². The van der Waals surface area contributed by atoms with Gasteiger partial charge in [0, 0.05) is 16.6 Å². The van der Waals surface area contributed by atoms with Gasteiger partial charge in [0.2, 0.25) is 5.91 Å². The van der Waals surface area contributed by atoms with Gasteiger partial charge < -0.3 is 5.32 Å². The molecule has 0 unspecified atom stereocenters. The van der Waals surface area contributed by atoms with Crippen LogP contribution in [0.4, 0.5) is 11.4 Å². The van der Waals surface area contributed by atoms with Crippen LogP contribution in [0.1, 0.15) is 12.5 Å². The summed E-state index contributed by atoms with van der Waals surface area (Å²) in [5.41, 5.74) is 1.93. The van der Waals surface area contributed by atoms with Crippen LogP contribution < -0.4 is 10.0 Å². The number of nitrogens with one attached hydrogen (secondary N) is 2. The van der Waals surface area contributed by atoms with Gasteiger partial charge in [-0.15, -0.1) is 11.8 Å². The Morgan fingerprint density at radius 2 is 1.96 bits per heavy atom. The molecule has 1 amide bonds. The molecule has 0 fully saturated rings. The Hall–Kier alpha value is -1.99. The molecule has 0 saturated carbocycles. The second kappa shape index (κ2) is 6.49. The van der Waals surface area contributed by atoms with Gasteiger partial charge in [-0.2, -0.15) is 0 Å². The first-order valence-electron chi connectivity index (χ1n) is 7.53. The van der Waals surface area contributed by atoms with E-state index in [0.717, 1.165) is 10.5 Å². The second-order valence-corrected chi connectivity index (χ2v) is 8.52. The lowest BCUT2D eigenvalue weighted by Gasteiger charge is -2.13. The molecule has 5 nitrogen and oxygen atoms in total. The highest BCUT2D eigenvalue weighted by Gasteiger charge is 2.23. The van der Waals surface area contributed by atoms with E-state index in [9.17, 15) is 13.2 Å². The monoisotopic (exact) mass is 362 g/mol. The predicted octanol–water partition coefficient (Wildman–Crippen LogP) is 3.48.